The third-order valence-corrected chi connectivity index (χ3v) is 4.94. The van der Waals surface area contributed by atoms with Crippen molar-refractivity contribution in [3.63, 3.8) is 0 Å². The smallest absolute Gasteiger partial charge is 0.341 e. The quantitative estimate of drug-likeness (QED) is 0.575. The van der Waals surface area contributed by atoms with Gasteiger partial charge in [0.05, 0.1) is 17.6 Å². The van der Waals surface area contributed by atoms with Gasteiger partial charge in [0.25, 0.3) is 5.91 Å². The Morgan fingerprint density at radius 1 is 1.24 bits per heavy atom. The lowest BCUT2D eigenvalue weighted by Crippen LogP contribution is -2.33. The van der Waals surface area contributed by atoms with Gasteiger partial charge in [-0.05, 0) is 50.4 Å². The van der Waals surface area contributed by atoms with Crippen LogP contribution in [0.1, 0.15) is 40.8 Å². The van der Waals surface area contributed by atoms with Gasteiger partial charge in [-0.2, -0.15) is 0 Å². The SMILES string of the molecule is CCOC(=O)c1cc(N(C)C(=O)c2cccs2)ccc1OC(C)CNCC(C)O. The van der Waals surface area contributed by atoms with E-state index in [0.717, 1.165) is 0 Å². The second-order valence-corrected chi connectivity index (χ2v) is 7.63. The minimum absolute atomic E-state index is 0.154. The average molecular weight is 421 g/mol. The highest BCUT2D eigenvalue weighted by atomic mass is 32.1. The van der Waals surface area contributed by atoms with Crippen LogP contribution >= 0.6 is 11.3 Å². The third kappa shape index (κ3) is 6.56. The van der Waals surface area contributed by atoms with E-state index in [9.17, 15) is 14.7 Å². The second kappa shape index (κ2) is 10.9. The van der Waals surface area contributed by atoms with Gasteiger partial charge in [-0.25, -0.2) is 4.79 Å². The van der Waals surface area contributed by atoms with Crippen molar-refractivity contribution in [2.75, 3.05) is 31.6 Å². The summed E-state index contributed by atoms with van der Waals surface area (Å²) < 4.78 is 11.1. The molecule has 1 heterocycles. The second-order valence-electron chi connectivity index (χ2n) is 6.68. The molecule has 2 rings (SSSR count). The van der Waals surface area contributed by atoms with Crippen LogP contribution < -0.4 is 15.0 Å². The molecule has 1 aromatic heterocycles. The summed E-state index contributed by atoms with van der Waals surface area (Å²) in [7, 11) is 1.66. The van der Waals surface area contributed by atoms with Gasteiger partial charge in [0.1, 0.15) is 17.4 Å². The standard InChI is InChI=1S/C21H28N2O5S/c1-5-27-21(26)17-11-16(23(4)20(25)19-7-6-10-29-19)8-9-18(17)28-15(3)13-22-12-14(2)24/h6-11,14-15,22,24H,5,12-13H2,1-4H3. The van der Waals surface area contributed by atoms with E-state index in [0.29, 0.717) is 29.4 Å². The molecule has 1 amide bonds. The summed E-state index contributed by atoms with van der Waals surface area (Å²) in [4.78, 5) is 27.2. The van der Waals surface area contributed by atoms with Crippen LogP contribution in [0, 0.1) is 0 Å². The van der Waals surface area contributed by atoms with Crippen molar-refractivity contribution in [3.05, 3.63) is 46.2 Å². The molecule has 0 bridgehead atoms. The summed E-state index contributed by atoms with van der Waals surface area (Å²) in [5.41, 5.74) is 0.830. The molecule has 0 aliphatic heterocycles. The fourth-order valence-corrected chi connectivity index (χ4v) is 3.33. The summed E-state index contributed by atoms with van der Waals surface area (Å²) in [5, 5.41) is 14.3. The minimum atomic E-state index is -0.509. The molecule has 29 heavy (non-hydrogen) atoms. The first-order chi connectivity index (χ1) is 13.8. The molecule has 158 valence electrons. The number of amides is 1. The van der Waals surface area contributed by atoms with Crippen molar-refractivity contribution >= 4 is 28.9 Å². The van der Waals surface area contributed by atoms with Crippen LogP contribution in [-0.4, -0.2) is 55.9 Å². The molecule has 7 nitrogen and oxygen atoms in total. The fourth-order valence-electron chi connectivity index (χ4n) is 2.63. The van der Waals surface area contributed by atoms with Crippen molar-refractivity contribution in [3.8, 4) is 5.75 Å². The van der Waals surface area contributed by atoms with E-state index in [1.165, 1.54) is 16.2 Å². The number of nitrogens with zero attached hydrogens (tertiary/aromatic N) is 1. The van der Waals surface area contributed by atoms with Crippen molar-refractivity contribution in [2.24, 2.45) is 0 Å². The maximum absolute atomic E-state index is 12.6. The number of aliphatic hydroxyl groups is 1. The molecule has 2 aromatic rings. The number of ether oxygens (including phenoxy) is 2. The van der Waals surface area contributed by atoms with Crippen molar-refractivity contribution in [1.82, 2.24) is 5.32 Å². The van der Waals surface area contributed by atoms with E-state index in [-0.39, 0.29) is 24.2 Å². The topological polar surface area (TPSA) is 88.1 Å². The van der Waals surface area contributed by atoms with E-state index in [1.54, 1.807) is 45.2 Å². The molecule has 8 heteroatoms. The highest BCUT2D eigenvalue weighted by molar-refractivity contribution is 7.12. The van der Waals surface area contributed by atoms with Gasteiger partial charge in [0.15, 0.2) is 0 Å². The summed E-state index contributed by atoms with van der Waals surface area (Å²) in [5.74, 6) is -0.278. The average Bonchev–Trinajstić information content (AvgIpc) is 3.21. The van der Waals surface area contributed by atoms with Crippen LogP contribution in [0.15, 0.2) is 35.7 Å². The number of rotatable bonds is 10. The minimum Gasteiger partial charge on any atom is -0.488 e. The molecular weight excluding hydrogens is 392 g/mol. The zero-order chi connectivity index (χ0) is 21.4. The first kappa shape index (κ1) is 22.9. The van der Waals surface area contributed by atoms with Gasteiger partial charge in [-0.3, -0.25) is 4.79 Å². The molecule has 0 saturated carbocycles. The summed E-state index contributed by atoms with van der Waals surface area (Å²) in [6.07, 6.45) is -0.689. The Labute approximate surface area is 175 Å². The Kier molecular flexibility index (Phi) is 8.63. The van der Waals surface area contributed by atoms with Gasteiger partial charge in [-0.1, -0.05) is 6.07 Å². The number of hydrogen-bond donors (Lipinski definition) is 2. The molecule has 0 radical (unpaired) electrons. The number of hydrogen-bond acceptors (Lipinski definition) is 7. The summed E-state index contributed by atoms with van der Waals surface area (Å²) in [6, 6.07) is 8.59. The van der Waals surface area contributed by atoms with Crippen LogP contribution in [0.5, 0.6) is 5.75 Å². The predicted molar refractivity (Wildman–Crippen MR) is 114 cm³/mol. The van der Waals surface area contributed by atoms with Gasteiger partial charge in [0, 0.05) is 25.8 Å². The van der Waals surface area contributed by atoms with Crippen LogP contribution in [0.2, 0.25) is 0 Å². The van der Waals surface area contributed by atoms with E-state index in [4.69, 9.17) is 9.47 Å². The Hall–Kier alpha value is -2.42. The van der Waals surface area contributed by atoms with Gasteiger partial charge in [0.2, 0.25) is 0 Å². The number of carbonyl (C=O) groups excluding carboxylic acids is 2. The molecule has 2 N–H and O–H groups in total. The molecule has 1 aromatic carbocycles. The molecule has 2 unspecified atom stereocenters. The maximum Gasteiger partial charge on any atom is 0.341 e. The van der Waals surface area contributed by atoms with Crippen molar-refractivity contribution in [1.29, 1.82) is 0 Å². The third-order valence-electron chi connectivity index (χ3n) is 4.08. The van der Waals surface area contributed by atoms with E-state index >= 15 is 0 Å². The largest absolute Gasteiger partial charge is 0.488 e. The molecule has 0 fully saturated rings. The lowest BCUT2D eigenvalue weighted by Gasteiger charge is -2.21. The number of aliphatic hydroxyl groups excluding tert-OH is 1. The Balaban J connectivity index is 2.21. The number of thiophene rings is 1. The maximum atomic E-state index is 12.6. The highest BCUT2D eigenvalue weighted by Crippen LogP contribution is 2.28. The van der Waals surface area contributed by atoms with Crippen LogP contribution in [0.25, 0.3) is 0 Å². The normalized spacial score (nSPS) is 12.9. The molecule has 2 atom stereocenters. The predicted octanol–water partition coefficient (Wildman–Crippen LogP) is 2.94. The zero-order valence-electron chi connectivity index (χ0n) is 17.2. The number of anilines is 1. The number of nitrogens with one attached hydrogen (secondary N) is 1. The van der Waals surface area contributed by atoms with Crippen LogP contribution in [0.4, 0.5) is 5.69 Å². The lowest BCUT2D eigenvalue weighted by atomic mass is 10.1. The van der Waals surface area contributed by atoms with Crippen molar-refractivity contribution < 1.29 is 24.2 Å². The number of esters is 1. The Morgan fingerprint density at radius 3 is 2.62 bits per heavy atom. The molecule has 0 saturated heterocycles. The van der Waals surface area contributed by atoms with E-state index in [2.05, 4.69) is 5.32 Å². The fraction of sp³-hybridized carbons (Fsp3) is 0.429. The number of carbonyl (C=O) groups is 2. The molecule has 0 aliphatic rings. The van der Waals surface area contributed by atoms with Gasteiger partial charge < -0.3 is 24.8 Å². The first-order valence-electron chi connectivity index (χ1n) is 9.51. The van der Waals surface area contributed by atoms with E-state index in [1.807, 2.05) is 18.4 Å². The van der Waals surface area contributed by atoms with Gasteiger partial charge >= 0.3 is 5.97 Å². The number of benzene rings is 1. The zero-order valence-corrected chi connectivity index (χ0v) is 18.0. The van der Waals surface area contributed by atoms with Crippen LogP contribution in [-0.2, 0) is 4.74 Å². The summed E-state index contributed by atoms with van der Waals surface area (Å²) >= 11 is 1.36. The molecule has 0 aliphatic carbocycles. The lowest BCUT2D eigenvalue weighted by molar-refractivity contribution is 0.0519. The Morgan fingerprint density at radius 2 is 2.00 bits per heavy atom. The first-order valence-corrected chi connectivity index (χ1v) is 10.4. The monoisotopic (exact) mass is 420 g/mol. The van der Waals surface area contributed by atoms with Crippen LogP contribution in [0.3, 0.4) is 0 Å². The van der Waals surface area contributed by atoms with Gasteiger partial charge in [-0.15, -0.1) is 11.3 Å². The van der Waals surface area contributed by atoms with Crippen molar-refractivity contribution in [2.45, 2.75) is 33.0 Å². The molecule has 0 spiro atoms. The molecular formula is C21H28N2O5S. The summed E-state index contributed by atoms with van der Waals surface area (Å²) in [6.45, 7) is 6.49. The highest BCUT2D eigenvalue weighted by Gasteiger charge is 2.21. The van der Waals surface area contributed by atoms with E-state index < -0.39 is 12.1 Å². The Bertz CT molecular complexity index is 807.